The molecule has 0 aliphatic heterocycles. The molecule has 3 aromatic rings. The van der Waals surface area contributed by atoms with E-state index in [4.69, 9.17) is 16.3 Å². The number of hydrogen-bond donors (Lipinski definition) is 0. The average Bonchev–Trinajstić information content (AvgIpc) is 2.64. The van der Waals surface area contributed by atoms with E-state index in [0.717, 1.165) is 18.5 Å². The Hall–Kier alpha value is -2.66. The lowest BCUT2D eigenvalue weighted by Gasteiger charge is -2.11. The van der Waals surface area contributed by atoms with Gasteiger partial charge in [0.1, 0.15) is 22.3 Å². The van der Waals surface area contributed by atoms with Gasteiger partial charge in [-0.1, -0.05) is 24.9 Å². The maximum Gasteiger partial charge on any atom is 0.269 e. The monoisotopic (exact) mass is 386 g/mol. The molecule has 0 radical (unpaired) electrons. The summed E-state index contributed by atoms with van der Waals surface area (Å²) in [7, 11) is 0. The molecule has 0 N–H and O–H groups in total. The van der Waals surface area contributed by atoms with Crippen molar-refractivity contribution in [2.75, 3.05) is 0 Å². The lowest BCUT2D eigenvalue weighted by molar-refractivity contribution is 0.476. The number of unbranched alkanes of at least 4 members (excludes halogenated alkanes) is 1. The Morgan fingerprint density at radius 2 is 1.93 bits per heavy atom. The second-order valence-electron chi connectivity index (χ2n) is 6.27. The Bertz CT molecular complexity index is 1020. The summed E-state index contributed by atoms with van der Waals surface area (Å²) in [5.74, 6) is 0.423. The largest absolute Gasteiger partial charge is 0.457 e. The first-order chi connectivity index (χ1) is 13.0. The van der Waals surface area contributed by atoms with Crippen LogP contribution in [0.4, 0.5) is 4.39 Å². The lowest BCUT2D eigenvalue weighted by atomic mass is 10.1. The summed E-state index contributed by atoms with van der Waals surface area (Å²) in [6, 6.07) is 9.63. The second-order valence-corrected chi connectivity index (χ2v) is 6.65. The number of ether oxygens (including phenoxy) is 1. The van der Waals surface area contributed by atoms with Gasteiger partial charge in [-0.05, 0) is 37.6 Å². The van der Waals surface area contributed by atoms with Gasteiger partial charge in [0.2, 0.25) is 0 Å². The molecule has 0 saturated carbocycles. The molecule has 2 aromatic heterocycles. The van der Waals surface area contributed by atoms with Crippen molar-refractivity contribution >= 4 is 11.6 Å². The molecule has 0 aliphatic rings. The molecule has 3 rings (SSSR count). The van der Waals surface area contributed by atoms with Crippen LogP contribution in [-0.2, 0) is 6.54 Å². The lowest BCUT2D eigenvalue weighted by Crippen LogP contribution is -2.20. The van der Waals surface area contributed by atoms with E-state index in [1.54, 1.807) is 47.3 Å². The summed E-state index contributed by atoms with van der Waals surface area (Å²) in [5.41, 5.74) is 1.13. The quantitative estimate of drug-likeness (QED) is 0.553. The smallest absolute Gasteiger partial charge is 0.269 e. The first-order valence-corrected chi connectivity index (χ1v) is 9.16. The van der Waals surface area contributed by atoms with Gasteiger partial charge in [0, 0.05) is 47.9 Å². The zero-order valence-electron chi connectivity index (χ0n) is 15.2. The van der Waals surface area contributed by atoms with Crippen LogP contribution in [-0.4, -0.2) is 9.55 Å². The Kier molecular flexibility index (Phi) is 5.91. The molecule has 2 heterocycles. The van der Waals surface area contributed by atoms with Crippen LogP contribution < -0.4 is 10.3 Å². The Labute approximate surface area is 162 Å². The van der Waals surface area contributed by atoms with Crippen molar-refractivity contribution < 1.29 is 9.13 Å². The average molecular weight is 387 g/mol. The van der Waals surface area contributed by atoms with Crippen molar-refractivity contribution in [2.45, 2.75) is 33.2 Å². The third-order valence-corrected chi connectivity index (χ3v) is 4.56. The molecule has 0 saturated heterocycles. The van der Waals surface area contributed by atoms with Crippen LogP contribution in [0.5, 0.6) is 11.5 Å². The highest BCUT2D eigenvalue weighted by Gasteiger charge is 2.14. The standard InChI is InChI=1S/C21H20ClFN2O2/c1-3-4-10-25-11-8-18(20(22)21(25)26)17-6-5-15(13-19(17)23)27-16-7-9-24-14(2)12-16/h5-9,11-13H,3-4,10H2,1-2H3. The molecule has 0 fully saturated rings. The summed E-state index contributed by atoms with van der Waals surface area (Å²) in [5, 5.41) is 0.0194. The van der Waals surface area contributed by atoms with E-state index in [1.165, 1.54) is 6.07 Å². The van der Waals surface area contributed by atoms with E-state index in [-0.39, 0.29) is 16.1 Å². The fraction of sp³-hybridized carbons (Fsp3) is 0.238. The van der Waals surface area contributed by atoms with Crippen molar-refractivity contribution in [3.63, 3.8) is 0 Å². The molecule has 140 valence electrons. The summed E-state index contributed by atoms with van der Waals surface area (Å²) in [6.07, 6.45) is 5.13. The first-order valence-electron chi connectivity index (χ1n) is 8.79. The van der Waals surface area contributed by atoms with E-state index in [0.29, 0.717) is 23.6 Å². The van der Waals surface area contributed by atoms with E-state index >= 15 is 0 Å². The predicted molar refractivity (Wildman–Crippen MR) is 105 cm³/mol. The number of rotatable bonds is 6. The molecular formula is C21H20ClFN2O2. The van der Waals surface area contributed by atoms with Gasteiger partial charge < -0.3 is 9.30 Å². The van der Waals surface area contributed by atoms with Crippen LogP contribution >= 0.6 is 11.6 Å². The van der Waals surface area contributed by atoms with Crippen LogP contribution in [0.2, 0.25) is 5.02 Å². The maximum atomic E-state index is 14.7. The zero-order chi connectivity index (χ0) is 19.4. The molecule has 1 aromatic carbocycles. The summed E-state index contributed by atoms with van der Waals surface area (Å²) >= 11 is 6.23. The molecule has 0 amide bonds. The highest BCUT2D eigenvalue weighted by atomic mass is 35.5. The Balaban J connectivity index is 1.90. The zero-order valence-corrected chi connectivity index (χ0v) is 16.0. The molecule has 6 heteroatoms. The van der Waals surface area contributed by atoms with Crippen molar-refractivity contribution in [3.8, 4) is 22.6 Å². The van der Waals surface area contributed by atoms with E-state index in [9.17, 15) is 9.18 Å². The van der Waals surface area contributed by atoms with E-state index < -0.39 is 5.82 Å². The van der Waals surface area contributed by atoms with Crippen molar-refractivity contribution in [3.05, 3.63) is 75.7 Å². The van der Waals surface area contributed by atoms with Crippen LogP contribution in [0.15, 0.2) is 53.6 Å². The summed E-state index contributed by atoms with van der Waals surface area (Å²) < 4.78 is 21.9. The van der Waals surface area contributed by atoms with E-state index in [1.807, 2.05) is 13.8 Å². The van der Waals surface area contributed by atoms with Crippen molar-refractivity contribution in [1.29, 1.82) is 0 Å². The van der Waals surface area contributed by atoms with Gasteiger partial charge in [0.15, 0.2) is 0 Å². The van der Waals surface area contributed by atoms with Crippen molar-refractivity contribution in [1.82, 2.24) is 9.55 Å². The molecule has 0 atom stereocenters. The van der Waals surface area contributed by atoms with Crippen LogP contribution in [0.3, 0.4) is 0 Å². The Morgan fingerprint density at radius 1 is 1.15 bits per heavy atom. The number of hydrogen-bond acceptors (Lipinski definition) is 3. The number of aryl methyl sites for hydroxylation is 2. The van der Waals surface area contributed by atoms with Gasteiger partial charge in [-0.15, -0.1) is 0 Å². The third-order valence-electron chi connectivity index (χ3n) is 4.19. The number of halogens is 2. The molecule has 0 unspecified atom stereocenters. The molecule has 27 heavy (non-hydrogen) atoms. The van der Waals surface area contributed by atoms with Crippen molar-refractivity contribution in [2.24, 2.45) is 0 Å². The molecule has 0 spiro atoms. The third kappa shape index (κ3) is 4.37. The van der Waals surface area contributed by atoms with Gasteiger partial charge in [0.05, 0.1) is 0 Å². The fourth-order valence-corrected chi connectivity index (χ4v) is 3.03. The van der Waals surface area contributed by atoms with Crippen LogP contribution in [0.25, 0.3) is 11.1 Å². The summed E-state index contributed by atoms with van der Waals surface area (Å²) in [6.45, 7) is 4.49. The minimum atomic E-state index is -0.508. The molecular weight excluding hydrogens is 367 g/mol. The molecule has 0 bridgehead atoms. The van der Waals surface area contributed by atoms with Crippen LogP contribution in [0, 0.1) is 12.7 Å². The minimum absolute atomic E-state index is 0.0194. The van der Waals surface area contributed by atoms with Gasteiger partial charge in [-0.2, -0.15) is 0 Å². The minimum Gasteiger partial charge on any atom is -0.457 e. The summed E-state index contributed by atoms with van der Waals surface area (Å²) in [4.78, 5) is 16.5. The SMILES string of the molecule is CCCCn1ccc(-c2ccc(Oc3ccnc(C)c3)cc2F)c(Cl)c1=O. The first kappa shape index (κ1) is 19.1. The molecule has 0 aliphatic carbocycles. The number of nitrogens with zero attached hydrogens (tertiary/aromatic N) is 2. The normalized spacial score (nSPS) is 10.8. The van der Waals surface area contributed by atoms with E-state index in [2.05, 4.69) is 4.98 Å². The van der Waals surface area contributed by atoms with Gasteiger partial charge in [-0.3, -0.25) is 9.78 Å². The van der Waals surface area contributed by atoms with Gasteiger partial charge >= 0.3 is 0 Å². The highest BCUT2D eigenvalue weighted by molar-refractivity contribution is 6.33. The van der Waals surface area contributed by atoms with Gasteiger partial charge in [0.25, 0.3) is 5.56 Å². The Morgan fingerprint density at radius 3 is 2.63 bits per heavy atom. The molecule has 4 nitrogen and oxygen atoms in total. The number of benzene rings is 1. The highest BCUT2D eigenvalue weighted by Crippen LogP contribution is 2.31. The predicted octanol–water partition coefficient (Wildman–Crippen LogP) is 5.60. The topological polar surface area (TPSA) is 44.1 Å². The maximum absolute atomic E-state index is 14.7. The second kappa shape index (κ2) is 8.35. The van der Waals surface area contributed by atoms with Crippen LogP contribution in [0.1, 0.15) is 25.5 Å². The fourth-order valence-electron chi connectivity index (χ4n) is 2.76. The number of pyridine rings is 2. The van der Waals surface area contributed by atoms with Gasteiger partial charge in [-0.25, -0.2) is 4.39 Å². The number of aromatic nitrogens is 2.